The fourth-order valence-corrected chi connectivity index (χ4v) is 2.99. The molecule has 0 saturated heterocycles. The highest BCUT2D eigenvalue weighted by atomic mass is 16.5. The Kier molecular flexibility index (Phi) is 4.48. The number of ether oxygens (including phenoxy) is 1. The van der Waals surface area contributed by atoms with Crippen molar-refractivity contribution in [2.45, 2.75) is 57.7 Å². The van der Waals surface area contributed by atoms with Crippen LogP contribution in [-0.4, -0.2) is 29.4 Å². The van der Waals surface area contributed by atoms with E-state index in [0.29, 0.717) is 6.04 Å². The topological polar surface area (TPSA) is 41.5 Å². The van der Waals surface area contributed by atoms with Crippen molar-refractivity contribution in [1.29, 1.82) is 0 Å². The summed E-state index contributed by atoms with van der Waals surface area (Å²) in [4.78, 5) is 0. The van der Waals surface area contributed by atoms with Gasteiger partial charge in [0.2, 0.25) is 0 Å². The van der Waals surface area contributed by atoms with Crippen LogP contribution in [0.2, 0.25) is 0 Å². The molecule has 1 aromatic rings. The van der Waals surface area contributed by atoms with Crippen molar-refractivity contribution in [1.82, 2.24) is 5.32 Å². The minimum Gasteiger partial charge on any atom is -0.490 e. The Labute approximate surface area is 116 Å². The molecule has 3 nitrogen and oxygen atoms in total. The van der Waals surface area contributed by atoms with Crippen LogP contribution in [0.5, 0.6) is 5.75 Å². The van der Waals surface area contributed by atoms with Crippen LogP contribution in [0.1, 0.15) is 38.7 Å². The van der Waals surface area contributed by atoms with Gasteiger partial charge in [-0.3, -0.25) is 0 Å². The van der Waals surface area contributed by atoms with Gasteiger partial charge in [-0.2, -0.15) is 0 Å². The van der Waals surface area contributed by atoms with Gasteiger partial charge in [-0.1, -0.05) is 26.0 Å². The van der Waals surface area contributed by atoms with E-state index in [1.807, 2.05) is 12.1 Å². The van der Waals surface area contributed by atoms with E-state index in [4.69, 9.17) is 4.74 Å². The number of benzene rings is 1. The maximum absolute atomic E-state index is 9.68. The molecule has 2 N–H and O–H groups in total. The van der Waals surface area contributed by atoms with Gasteiger partial charge in [0.25, 0.3) is 0 Å². The van der Waals surface area contributed by atoms with Crippen LogP contribution in [-0.2, 0) is 0 Å². The first-order valence-corrected chi connectivity index (χ1v) is 7.15. The van der Waals surface area contributed by atoms with Crippen molar-refractivity contribution in [3.8, 4) is 5.75 Å². The number of hydrogen-bond acceptors (Lipinski definition) is 3. The maximum atomic E-state index is 9.68. The molecule has 1 fully saturated rings. The summed E-state index contributed by atoms with van der Waals surface area (Å²) in [6.45, 7) is 6.48. The van der Waals surface area contributed by atoms with Crippen LogP contribution in [0.4, 0.5) is 0 Å². The van der Waals surface area contributed by atoms with E-state index in [1.54, 1.807) is 0 Å². The molecule has 3 heteroatoms. The summed E-state index contributed by atoms with van der Waals surface area (Å²) < 4.78 is 6.04. The van der Waals surface area contributed by atoms with Crippen molar-refractivity contribution in [2.75, 3.05) is 6.61 Å². The van der Waals surface area contributed by atoms with E-state index in [1.165, 1.54) is 5.56 Å². The molecule has 106 valence electrons. The standard InChI is InChI=1S/C16H25NO2/c1-12(2)17-16(11-18)8-7-15(10-16)19-14-6-4-5-13(3)9-14/h4-6,9,12,15,17-18H,7-8,10-11H2,1-3H3. The number of aliphatic hydroxyl groups excluding tert-OH is 1. The Hall–Kier alpha value is -1.06. The second kappa shape index (κ2) is 5.93. The summed E-state index contributed by atoms with van der Waals surface area (Å²) >= 11 is 0. The van der Waals surface area contributed by atoms with Gasteiger partial charge in [0, 0.05) is 18.0 Å². The molecular weight excluding hydrogens is 238 g/mol. The number of nitrogens with one attached hydrogen (secondary N) is 1. The van der Waals surface area contributed by atoms with Gasteiger partial charge in [0.05, 0.1) is 6.61 Å². The highest BCUT2D eigenvalue weighted by Gasteiger charge is 2.40. The molecular formula is C16H25NO2. The summed E-state index contributed by atoms with van der Waals surface area (Å²) in [5, 5.41) is 13.2. The van der Waals surface area contributed by atoms with E-state index in [9.17, 15) is 5.11 Å². The SMILES string of the molecule is Cc1cccc(OC2CCC(CO)(NC(C)C)C2)c1. The zero-order chi connectivity index (χ0) is 13.9. The second-order valence-electron chi connectivity index (χ2n) is 6.04. The van der Waals surface area contributed by atoms with Gasteiger partial charge in [-0.25, -0.2) is 0 Å². The molecule has 0 aromatic heterocycles. The third-order valence-corrected chi connectivity index (χ3v) is 3.75. The van der Waals surface area contributed by atoms with Crippen LogP contribution >= 0.6 is 0 Å². The van der Waals surface area contributed by atoms with Gasteiger partial charge in [0.15, 0.2) is 0 Å². The molecule has 0 heterocycles. The number of hydrogen-bond donors (Lipinski definition) is 2. The van der Waals surface area contributed by atoms with Gasteiger partial charge >= 0.3 is 0 Å². The molecule has 19 heavy (non-hydrogen) atoms. The summed E-state index contributed by atoms with van der Waals surface area (Å²) in [7, 11) is 0. The highest BCUT2D eigenvalue weighted by Crippen LogP contribution is 2.33. The van der Waals surface area contributed by atoms with E-state index in [0.717, 1.165) is 25.0 Å². The average molecular weight is 263 g/mol. The zero-order valence-corrected chi connectivity index (χ0v) is 12.1. The van der Waals surface area contributed by atoms with Gasteiger partial charge < -0.3 is 15.2 Å². The normalized spacial score (nSPS) is 26.9. The summed E-state index contributed by atoms with van der Waals surface area (Å²) in [6, 6.07) is 8.53. The predicted octanol–water partition coefficient (Wildman–Crippen LogP) is 2.66. The predicted molar refractivity (Wildman–Crippen MR) is 77.5 cm³/mol. The molecule has 2 unspecified atom stereocenters. The Bertz CT molecular complexity index is 419. The molecule has 0 bridgehead atoms. The maximum Gasteiger partial charge on any atom is 0.119 e. The molecule has 0 aliphatic heterocycles. The van der Waals surface area contributed by atoms with E-state index < -0.39 is 0 Å². The minimum absolute atomic E-state index is 0.164. The van der Waals surface area contributed by atoms with E-state index in [2.05, 4.69) is 38.2 Å². The van der Waals surface area contributed by atoms with Crippen LogP contribution in [0.3, 0.4) is 0 Å². The first kappa shape index (κ1) is 14.4. The first-order chi connectivity index (χ1) is 9.03. The number of aryl methyl sites for hydroxylation is 1. The Morgan fingerprint density at radius 1 is 1.47 bits per heavy atom. The molecule has 1 aliphatic rings. The molecule has 1 aromatic carbocycles. The third-order valence-electron chi connectivity index (χ3n) is 3.75. The van der Waals surface area contributed by atoms with Gasteiger partial charge in [-0.05, 0) is 37.5 Å². The Morgan fingerprint density at radius 2 is 2.26 bits per heavy atom. The average Bonchev–Trinajstić information content (AvgIpc) is 2.72. The van der Waals surface area contributed by atoms with E-state index in [-0.39, 0.29) is 18.2 Å². The van der Waals surface area contributed by atoms with Crippen molar-refractivity contribution >= 4 is 0 Å². The van der Waals surface area contributed by atoms with Crippen molar-refractivity contribution < 1.29 is 9.84 Å². The lowest BCUT2D eigenvalue weighted by Crippen LogP contribution is -2.50. The smallest absolute Gasteiger partial charge is 0.119 e. The fourth-order valence-electron chi connectivity index (χ4n) is 2.99. The highest BCUT2D eigenvalue weighted by molar-refractivity contribution is 5.27. The van der Waals surface area contributed by atoms with Crippen molar-refractivity contribution in [3.05, 3.63) is 29.8 Å². The lowest BCUT2D eigenvalue weighted by molar-refractivity contribution is 0.133. The minimum atomic E-state index is -0.164. The molecule has 1 aliphatic carbocycles. The quantitative estimate of drug-likeness (QED) is 0.858. The van der Waals surface area contributed by atoms with Gasteiger partial charge in [0.1, 0.15) is 11.9 Å². The summed E-state index contributed by atoms with van der Waals surface area (Å²) in [6.07, 6.45) is 3.03. The van der Waals surface area contributed by atoms with E-state index >= 15 is 0 Å². The lowest BCUT2D eigenvalue weighted by atomic mass is 9.97. The molecule has 0 spiro atoms. The molecule has 2 rings (SSSR count). The molecule has 0 radical (unpaired) electrons. The molecule has 2 atom stereocenters. The third kappa shape index (κ3) is 3.71. The first-order valence-electron chi connectivity index (χ1n) is 7.15. The number of rotatable bonds is 5. The largest absolute Gasteiger partial charge is 0.490 e. The lowest BCUT2D eigenvalue weighted by Gasteiger charge is -2.30. The molecule has 1 saturated carbocycles. The van der Waals surface area contributed by atoms with Crippen molar-refractivity contribution in [2.24, 2.45) is 0 Å². The molecule has 0 amide bonds. The summed E-state index contributed by atoms with van der Waals surface area (Å²) in [5.74, 6) is 0.934. The zero-order valence-electron chi connectivity index (χ0n) is 12.1. The van der Waals surface area contributed by atoms with Crippen LogP contribution < -0.4 is 10.1 Å². The summed E-state index contributed by atoms with van der Waals surface area (Å²) in [5.41, 5.74) is 1.05. The number of aliphatic hydroxyl groups is 1. The Balaban J connectivity index is 1.97. The fraction of sp³-hybridized carbons (Fsp3) is 0.625. The van der Waals surface area contributed by atoms with Crippen LogP contribution in [0.15, 0.2) is 24.3 Å². The van der Waals surface area contributed by atoms with Gasteiger partial charge in [-0.15, -0.1) is 0 Å². The van der Waals surface area contributed by atoms with Crippen LogP contribution in [0.25, 0.3) is 0 Å². The second-order valence-corrected chi connectivity index (χ2v) is 6.04. The van der Waals surface area contributed by atoms with Crippen molar-refractivity contribution in [3.63, 3.8) is 0 Å². The monoisotopic (exact) mass is 263 g/mol. The Morgan fingerprint density at radius 3 is 2.89 bits per heavy atom. The van der Waals surface area contributed by atoms with Crippen LogP contribution in [0, 0.1) is 6.92 Å².